The van der Waals surface area contributed by atoms with E-state index in [2.05, 4.69) is 4.98 Å². The summed E-state index contributed by atoms with van der Waals surface area (Å²) in [5.41, 5.74) is -0.169. The van der Waals surface area contributed by atoms with Gasteiger partial charge in [0.15, 0.2) is 0 Å². The molecule has 1 amide bonds. The second-order valence-electron chi connectivity index (χ2n) is 8.98. The van der Waals surface area contributed by atoms with Crippen LogP contribution in [0.1, 0.15) is 68.1 Å². The van der Waals surface area contributed by atoms with Crippen molar-refractivity contribution < 1.29 is 24.2 Å². The summed E-state index contributed by atoms with van der Waals surface area (Å²) < 4.78 is 5.48. The molecule has 1 N–H and O–H groups in total. The van der Waals surface area contributed by atoms with Crippen LogP contribution in [-0.4, -0.2) is 58.1 Å². The third-order valence-corrected chi connectivity index (χ3v) is 5.48. The predicted octanol–water partition coefficient (Wildman–Crippen LogP) is 2.33. The molecule has 166 valence electrons. The first-order valence-electron chi connectivity index (χ1n) is 10.5. The van der Waals surface area contributed by atoms with Gasteiger partial charge in [-0.05, 0) is 46.1 Å². The summed E-state index contributed by atoms with van der Waals surface area (Å²) in [6.45, 7) is 7.17. The number of ether oxygens (including phenoxy) is 1. The van der Waals surface area contributed by atoms with Gasteiger partial charge in [-0.2, -0.15) is 5.26 Å². The van der Waals surface area contributed by atoms with E-state index in [-0.39, 0.29) is 41.2 Å². The van der Waals surface area contributed by atoms with E-state index >= 15 is 0 Å². The van der Waals surface area contributed by atoms with Crippen LogP contribution in [-0.2, 0) is 20.9 Å². The average molecular weight is 428 g/mol. The quantitative estimate of drug-likeness (QED) is 0.709. The molecule has 3 rings (SSSR count). The molecule has 2 aliphatic heterocycles. The topological polar surface area (TPSA) is 124 Å². The van der Waals surface area contributed by atoms with E-state index in [9.17, 15) is 24.8 Å². The molecule has 0 spiro atoms. The van der Waals surface area contributed by atoms with Crippen LogP contribution in [0, 0.1) is 17.2 Å². The highest BCUT2D eigenvalue weighted by Crippen LogP contribution is 2.29. The summed E-state index contributed by atoms with van der Waals surface area (Å²) in [4.78, 5) is 44.2. The molecule has 0 saturated carbocycles. The zero-order valence-electron chi connectivity index (χ0n) is 18.2. The van der Waals surface area contributed by atoms with Gasteiger partial charge in [0, 0.05) is 26.1 Å². The Morgan fingerprint density at radius 1 is 1.29 bits per heavy atom. The number of carboxylic acids is 1. The van der Waals surface area contributed by atoms with Gasteiger partial charge in [-0.15, -0.1) is 0 Å². The van der Waals surface area contributed by atoms with E-state index in [4.69, 9.17) is 4.74 Å². The largest absolute Gasteiger partial charge is 0.478 e. The summed E-state index contributed by atoms with van der Waals surface area (Å²) in [6, 6.07) is 3.38. The maximum atomic E-state index is 12.4. The van der Waals surface area contributed by atoms with E-state index in [1.165, 1.54) is 6.07 Å². The van der Waals surface area contributed by atoms with Crippen LogP contribution in [0.15, 0.2) is 6.07 Å². The van der Waals surface area contributed by atoms with Crippen molar-refractivity contribution in [2.45, 2.75) is 58.6 Å². The number of esters is 1. The number of pyridine rings is 1. The number of aromatic nitrogens is 1. The van der Waals surface area contributed by atoms with Gasteiger partial charge in [0.25, 0.3) is 0 Å². The van der Waals surface area contributed by atoms with E-state index in [1.807, 2.05) is 31.7 Å². The molecule has 0 aliphatic carbocycles. The summed E-state index contributed by atoms with van der Waals surface area (Å²) in [5, 5.41) is 19.2. The van der Waals surface area contributed by atoms with Crippen molar-refractivity contribution in [3.63, 3.8) is 0 Å². The maximum absolute atomic E-state index is 12.4. The number of likely N-dealkylation sites (tertiary alicyclic amines) is 1. The molecule has 2 saturated heterocycles. The fraction of sp³-hybridized carbons (Fsp3) is 0.591. The lowest BCUT2D eigenvalue weighted by atomic mass is 9.96. The molecular formula is C22H28N4O5. The van der Waals surface area contributed by atoms with Crippen LogP contribution in [0.4, 0.5) is 5.82 Å². The van der Waals surface area contributed by atoms with Gasteiger partial charge < -0.3 is 19.6 Å². The van der Waals surface area contributed by atoms with Crippen molar-refractivity contribution in [3.8, 4) is 6.07 Å². The van der Waals surface area contributed by atoms with Gasteiger partial charge in [-0.1, -0.05) is 0 Å². The van der Waals surface area contributed by atoms with Gasteiger partial charge in [0.1, 0.15) is 17.5 Å². The Morgan fingerprint density at radius 3 is 2.48 bits per heavy atom. The number of nitrogens with zero attached hydrogens (tertiary/aromatic N) is 4. The summed E-state index contributed by atoms with van der Waals surface area (Å²) >= 11 is 0. The first-order valence-corrected chi connectivity index (χ1v) is 10.5. The number of carboxylic acid groups (broad SMARTS) is 1. The summed E-state index contributed by atoms with van der Waals surface area (Å²) in [7, 11) is 0. The average Bonchev–Trinajstić information content (AvgIpc) is 3.10. The SMILES string of the molecule is CC(C)(C)OC(=O)C1CCN(c2nc(CN3CCCC3=O)c(C(=O)O)cc2C#N)CC1. The molecule has 1 aromatic rings. The molecule has 0 atom stereocenters. The summed E-state index contributed by atoms with van der Waals surface area (Å²) in [6.07, 6.45) is 2.30. The molecule has 0 radical (unpaired) electrons. The summed E-state index contributed by atoms with van der Waals surface area (Å²) in [5.74, 6) is -1.25. The number of hydrogen-bond acceptors (Lipinski definition) is 7. The molecule has 0 bridgehead atoms. The van der Waals surface area contributed by atoms with Crippen molar-refractivity contribution in [2.75, 3.05) is 24.5 Å². The lowest BCUT2D eigenvalue weighted by Gasteiger charge is -2.34. The lowest BCUT2D eigenvalue weighted by molar-refractivity contribution is -0.160. The second-order valence-corrected chi connectivity index (χ2v) is 8.98. The number of rotatable bonds is 5. The minimum absolute atomic E-state index is 0.0257. The fourth-order valence-corrected chi connectivity index (χ4v) is 3.93. The smallest absolute Gasteiger partial charge is 0.337 e. The normalized spacial score (nSPS) is 17.5. The Labute approximate surface area is 181 Å². The number of nitriles is 1. The first kappa shape index (κ1) is 22.5. The minimum atomic E-state index is -1.18. The van der Waals surface area contributed by atoms with E-state index in [0.29, 0.717) is 44.7 Å². The molecular weight excluding hydrogens is 400 g/mol. The number of carbonyl (C=O) groups is 3. The number of hydrogen-bond donors (Lipinski definition) is 1. The van der Waals surface area contributed by atoms with Crippen LogP contribution in [0.3, 0.4) is 0 Å². The van der Waals surface area contributed by atoms with Gasteiger partial charge >= 0.3 is 11.9 Å². The third-order valence-electron chi connectivity index (χ3n) is 5.48. The predicted molar refractivity (Wildman–Crippen MR) is 111 cm³/mol. The number of piperidine rings is 1. The first-order chi connectivity index (χ1) is 14.6. The fourth-order valence-electron chi connectivity index (χ4n) is 3.93. The highest BCUT2D eigenvalue weighted by Gasteiger charge is 2.31. The Hall–Kier alpha value is -3.15. The van der Waals surface area contributed by atoms with Crippen molar-refractivity contribution in [2.24, 2.45) is 5.92 Å². The zero-order chi connectivity index (χ0) is 22.8. The molecule has 3 heterocycles. The Kier molecular flexibility index (Phi) is 6.48. The van der Waals surface area contributed by atoms with E-state index in [0.717, 1.165) is 6.42 Å². The zero-order valence-corrected chi connectivity index (χ0v) is 18.2. The molecule has 2 aliphatic rings. The number of carbonyl (C=O) groups excluding carboxylic acids is 2. The molecule has 9 nitrogen and oxygen atoms in total. The molecule has 31 heavy (non-hydrogen) atoms. The van der Waals surface area contributed by atoms with E-state index in [1.54, 1.807) is 4.90 Å². The van der Waals surface area contributed by atoms with Crippen LogP contribution in [0.5, 0.6) is 0 Å². The Bertz CT molecular complexity index is 923. The molecule has 2 fully saturated rings. The minimum Gasteiger partial charge on any atom is -0.478 e. The van der Waals surface area contributed by atoms with Crippen LogP contribution >= 0.6 is 0 Å². The maximum Gasteiger partial charge on any atom is 0.337 e. The molecule has 0 unspecified atom stereocenters. The van der Waals surface area contributed by atoms with Gasteiger partial charge in [0.2, 0.25) is 5.91 Å². The van der Waals surface area contributed by atoms with Gasteiger partial charge in [-0.25, -0.2) is 9.78 Å². The van der Waals surface area contributed by atoms with Crippen molar-refractivity contribution in [3.05, 3.63) is 22.9 Å². The highest BCUT2D eigenvalue weighted by molar-refractivity contribution is 5.90. The molecule has 1 aromatic heterocycles. The monoisotopic (exact) mass is 428 g/mol. The second kappa shape index (κ2) is 8.92. The van der Waals surface area contributed by atoms with Crippen molar-refractivity contribution in [1.29, 1.82) is 5.26 Å². The van der Waals surface area contributed by atoms with Crippen molar-refractivity contribution in [1.82, 2.24) is 9.88 Å². The third kappa shape index (κ3) is 5.32. The van der Waals surface area contributed by atoms with Gasteiger partial charge in [0.05, 0.1) is 29.3 Å². The molecule has 9 heteroatoms. The van der Waals surface area contributed by atoms with E-state index < -0.39 is 11.6 Å². The standard InChI is InChI=1S/C22H28N4O5/c1-22(2,3)31-21(30)14-6-9-25(10-7-14)19-15(12-23)11-16(20(28)29)17(24-19)13-26-8-4-5-18(26)27/h11,14H,4-10,13H2,1-3H3,(H,28,29). The van der Waals surface area contributed by atoms with Crippen molar-refractivity contribution >= 4 is 23.7 Å². The van der Waals surface area contributed by atoms with Crippen LogP contribution < -0.4 is 4.90 Å². The number of aromatic carboxylic acids is 1. The Morgan fingerprint density at radius 2 is 1.97 bits per heavy atom. The van der Waals surface area contributed by atoms with Gasteiger partial charge in [-0.3, -0.25) is 9.59 Å². The Balaban J connectivity index is 1.81. The highest BCUT2D eigenvalue weighted by atomic mass is 16.6. The number of amides is 1. The van der Waals surface area contributed by atoms with Crippen LogP contribution in [0.2, 0.25) is 0 Å². The number of anilines is 1. The molecule has 0 aromatic carbocycles. The van der Waals surface area contributed by atoms with Crippen LogP contribution in [0.25, 0.3) is 0 Å². The lowest BCUT2D eigenvalue weighted by Crippen LogP contribution is -2.39.